The SMILES string of the molecule is CCC1(C)CCN(CC2(C(=O)O)CCCC(C)C2)CC1. The molecule has 0 spiro atoms. The van der Waals surface area contributed by atoms with Crippen LogP contribution >= 0.6 is 0 Å². The molecule has 2 atom stereocenters. The standard InChI is InChI=1S/C17H31NO2/c1-4-16(3)8-10-18(11-9-16)13-17(15(19)20)7-5-6-14(2)12-17/h14H,4-13H2,1-3H3,(H,19,20). The molecule has 2 unspecified atom stereocenters. The van der Waals surface area contributed by atoms with Gasteiger partial charge in [-0.1, -0.05) is 40.0 Å². The lowest BCUT2D eigenvalue weighted by Crippen LogP contribution is -2.49. The van der Waals surface area contributed by atoms with Crippen molar-refractivity contribution in [3.05, 3.63) is 0 Å². The number of nitrogens with zero attached hydrogens (tertiary/aromatic N) is 1. The molecule has 0 aromatic heterocycles. The van der Waals surface area contributed by atoms with Gasteiger partial charge in [-0.15, -0.1) is 0 Å². The van der Waals surface area contributed by atoms with Gasteiger partial charge in [-0.2, -0.15) is 0 Å². The van der Waals surface area contributed by atoms with Crippen LogP contribution in [0.3, 0.4) is 0 Å². The van der Waals surface area contributed by atoms with Gasteiger partial charge in [0.1, 0.15) is 0 Å². The van der Waals surface area contributed by atoms with Crippen LogP contribution in [0.15, 0.2) is 0 Å². The lowest BCUT2D eigenvalue weighted by atomic mass is 9.69. The first-order valence-electron chi connectivity index (χ1n) is 8.35. The molecule has 0 bridgehead atoms. The fourth-order valence-electron chi connectivity index (χ4n) is 4.10. The van der Waals surface area contributed by atoms with Crippen LogP contribution in [0, 0.1) is 16.7 Å². The molecule has 2 aliphatic rings. The highest BCUT2D eigenvalue weighted by Crippen LogP contribution is 2.42. The molecule has 1 N–H and O–H groups in total. The van der Waals surface area contributed by atoms with Crippen molar-refractivity contribution in [3.63, 3.8) is 0 Å². The number of carboxylic acids is 1. The Morgan fingerprint density at radius 1 is 1.30 bits per heavy atom. The zero-order valence-electron chi connectivity index (χ0n) is 13.5. The number of likely N-dealkylation sites (tertiary alicyclic amines) is 1. The minimum absolute atomic E-state index is 0.475. The normalized spacial score (nSPS) is 34.9. The van der Waals surface area contributed by atoms with E-state index in [1.807, 2.05) is 0 Å². The van der Waals surface area contributed by atoms with E-state index in [1.54, 1.807) is 0 Å². The molecule has 0 amide bonds. The van der Waals surface area contributed by atoms with Gasteiger partial charge in [0.25, 0.3) is 0 Å². The van der Waals surface area contributed by atoms with Crippen molar-refractivity contribution in [1.29, 1.82) is 0 Å². The third kappa shape index (κ3) is 3.36. The molecule has 1 aliphatic carbocycles. The van der Waals surface area contributed by atoms with Crippen molar-refractivity contribution >= 4 is 5.97 Å². The third-order valence-electron chi connectivity index (χ3n) is 5.99. The Labute approximate surface area is 123 Å². The van der Waals surface area contributed by atoms with Crippen LogP contribution in [0.1, 0.15) is 65.7 Å². The molecule has 116 valence electrons. The summed E-state index contributed by atoms with van der Waals surface area (Å²) in [4.78, 5) is 14.3. The van der Waals surface area contributed by atoms with Gasteiger partial charge in [0.15, 0.2) is 0 Å². The van der Waals surface area contributed by atoms with Crippen molar-refractivity contribution in [2.24, 2.45) is 16.7 Å². The Morgan fingerprint density at radius 3 is 2.45 bits per heavy atom. The van der Waals surface area contributed by atoms with Gasteiger partial charge in [0.2, 0.25) is 0 Å². The Bertz CT molecular complexity index is 347. The number of carboxylic acid groups (broad SMARTS) is 1. The summed E-state index contributed by atoms with van der Waals surface area (Å²) in [5, 5.41) is 9.76. The van der Waals surface area contributed by atoms with Gasteiger partial charge >= 0.3 is 5.97 Å². The van der Waals surface area contributed by atoms with Crippen molar-refractivity contribution in [2.75, 3.05) is 19.6 Å². The van der Waals surface area contributed by atoms with Crippen molar-refractivity contribution in [2.45, 2.75) is 65.7 Å². The molecule has 1 aliphatic heterocycles. The van der Waals surface area contributed by atoms with Gasteiger partial charge in [0, 0.05) is 6.54 Å². The van der Waals surface area contributed by atoms with Crippen molar-refractivity contribution in [1.82, 2.24) is 4.90 Å². The van der Waals surface area contributed by atoms with Crippen LogP contribution in [0.5, 0.6) is 0 Å². The van der Waals surface area contributed by atoms with E-state index in [0.29, 0.717) is 11.3 Å². The van der Waals surface area contributed by atoms with Crippen LogP contribution in [-0.4, -0.2) is 35.6 Å². The lowest BCUT2D eigenvalue weighted by molar-refractivity contribution is -0.154. The quantitative estimate of drug-likeness (QED) is 0.852. The second kappa shape index (κ2) is 6.05. The predicted octanol–water partition coefficient (Wildman–Crippen LogP) is 3.78. The number of hydrogen-bond acceptors (Lipinski definition) is 2. The highest BCUT2D eigenvalue weighted by Gasteiger charge is 2.44. The first kappa shape index (κ1) is 15.8. The summed E-state index contributed by atoms with van der Waals surface area (Å²) in [6, 6.07) is 0. The molecule has 0 aromatic carbocycles. The maximum atomic E-state index is 11.9. The largest absolute Gasteiger partial charge is 0.481 e. The van der Waals surface area contributed by atoms with E-state index in [1.165, 1.54) is 25.7 Å². The molecule has 3 heteroatoms. The number of piperidine rings is 1. The highest BCUT2D eigenvalue weighted by molar-refractivity contribution is 5.75. The highest BCUT2D eigenvalue weighted by atomic mass is 16.4. The molecule has 1 saturated carbocycles. The number of aliphatic carboxylic acids is 1. The van der Waals surface area contributed by atoms with Crippen molar-refractivity contribution in [3.8, 4) is 0 Å². The smallest absolute Gasteiger partial charge is 0.310 e. The summed E-state index contributed by atoms with van der Waals surface area (Å²) in [6.45, 7) is 9.78. The number of carbonyl (C=O) groups is 1. The van der Waals surface area contributed by atoms with E-state index in [0.717, 1.165) is 38.9 Å². The van der Waals surface area contributed by atoms with Gasteiger partial charge in [-0.25, -0.2) is 0 Å². The molecule has 2 fully saturated rings. The summed E-state index contributed by atoms with van der Waals surface area (Å²) in [7, 11) is 0. The Kier molecular flexibility index (Phi) is 4.78. The second-order valence-electron chi connectivity index (χ2n) is 7.73. The maximum absolute atomic E-state index is 11.9. The molecule has 0 radical (unpaired) electrons. The Morgan fingerprint density at radius 2 is 1.95 bits per heavy atom. The molecule has 20 heavy (non-hydrogen) atoms. The van der Waals surface area contributed by atoms with Gasteiger partial charge in [-0.05, 0) is 50.1 Å². The molecule has 0 aromatic rings. The second-order valence-corrected chi connectivity index (χ2v) is 7.73. The van der Waals surface area contributed by atoms with Crippen LogP contribution in [-0.2, 0) is 4.79 Å². The van der Waals surface area contributed by atoms with Gasteiger partial charge < -0.3 is 10.0 Å². The van der Waals surface area contributed by atoms with E-state index >= 15 is 0 Å². The number of rotatable bonds is 4. The van der Waals surface area contributed by atoms with E-state index in [-0.39, 0.29) is 0 Å². The lowest BCUT2D eigenvalue weighted by Gasteiger charge is -2.44. The van der Waals surface area contributed by atoms with E-state index in [2.05, 4.69) is 25.7 Å². The molecular weight excluding hydrogens is 250 g/mol. The molecular formula is C17H31NO2. The first-order chi connectivity index (χ1) is 9.39. The summed E-state index contributed by atoms with van der Waals surface area (Å²) in [6.07, 6.45) is 7.68. The van der Waals surface area contributed by atoms with E-state index < -0.39 is 11.4 Å². The summed E-state index contributed by atoms with van der Waals surface area (Å²) >= 11 is 0. The summed E-state index contributed by atoms with van der Waals surface area (Å²) in [5.74, 6) is -0.00146. The molecule has 1 heterocycles. The molecule has 1 saturated heterocycles. The Hall–Kier alpha value is -0.570. The fourth-order valence-corrected chi connectivity index (χ4v) is 4.10. The van der Waals surface area contributed by atoms with Crippen molar-refractivity contribution < 1.29 is 9.90 Å². The predicted molar refractivity (Wildman–Crippen MR) is 81.8 cm³/mol. The molecule has 3 nitrogen and oxygen atoms in total. The zero-order valence-corrected chi connectivity index (χ0v) is 13.5. The third-order valence-corrected chi connectivity index (χ3v) is 5.99. The number of hydrogen-bond donors (Lipinski definition) is 1. The van der Waals surface area contributed by atoms with E-state index in [9.17, 15) is 9.90 Å². The molecule has 2 rings (SSSR count). The Balaban J connectivity index is 1.98. The van der Waals surface area contributed by atoms with E-state index in [4.69, 9.17) is 0 Å². The zero-order chi connectivity index (χ0) is 14.8. The average molecular weight is 281 g/mol. The summed E-state index contributed by atoms with van der Waals surface area (Å²) < 4.78 is 0. The first-order valence-corrected chi connectivity index (χ1v) is 8.35. The minimum atomic E-state index is -0.562. The minimum Gasteiger partial charge on any atom is -0.481 e. The van der Waals surface area contributed by atoms with Gasteiger partial charge in [0.05, 0.1) is 5.41 Å². The van der Waals surface area contributed by atoms with Crippen LogP contribution in [0.25, 0.3) is 0 Å². The topological polar surface area (TPSA) is 40.5 Å². The summed E-state index contributed by atoms with van der Waals surface area (Å²) in [5.41, 5.74) is 0.00433. The maximum Gasteiger partial charge on any atom is 0.310 e. The monoisotopic (exact) mass is 281 g/mol. The van der Waals surface area contributed by atoms with Crippen LogP contribution in [0.4, 0.5) is 0 Å². The van der Waals surface area contributed by atoms with Gasteiger partial charge in [-0.3, -0.25) is 4.79 Å². The van der Waals surface area contributed by atoms with Crippen LogP contribution < -0.4 is 0 Å². The van der Waals surface area contributed by atoms with Crippen LogP contribution in [0.2, 0.25) is 0 Å². The average Bonchev–Trinajstić information content (AvgIpc) is 2.41. The fraction of sp³-hybridized carbons (Fsp3) is 0.941.